The highest BCUT2D eigenvalue weighted by Crippen LogP contribution is 2.15. The van der Waals surface area contributed by atoms with Gasteiger partial charge in [0.15, 0.2) is 0 Å². The Bertz CT molecular complexity index is 736. The fourth-order valence-corrected chi connectivity index (χ4v) is 2.87. The minimum Gasteiger partial charge on any atom is -0.468 e. The van der Waals surface area contributed by atoms with Crippen molar-refractivity contribution in [3.05, 3.63) is 29.8 Å². The van der Waals surface area contributed by atoms with Gasteiger partial charge in [-0.15, -0.1) is 0 Å². The standard InChI is InChI=1S/C13H15F3N2O6S/c1-24-12(21)10(6-19)18-25(22,23)9-4-2-3-8(5-9)11(20)17-7-13(14,15)16/h2-5,10,18-19H,6-7H2,1H3,(H,17,20)/t10-/m1/s1. The van der Waals surface area contributed by atoms with Crippen LogP contribution in [0.2, 0.25) is 0 Å². The number of esters is 1. The molecule has 1 aromatic rings. The van der Waals surface area contributed by atoms with Gasteiger partial charge in [0, 0.05) is 5.56 Å². The highest BCUT2D eigenvalue weighted by molar-refractivity contribution is 7.89. The Morgan fingerprint density at radius 3 is 2.48 bits per heavy atom. The second-order valence-corrected chi connectivity index (χ2v) is 6.42. The number of aliphatic hydroxyl groups is 1. The first kappa shape index (κ1) is 20.9. The molecule has 0 bridgehead atoms. The number of hydrogen-bond acceptors (Lipinski definition) is 6. The number of halogens is 3. The predicted molar refractivity (Wildman–Crippen MR) is 78.0 cm³/mol. The molecule has 0 aliphatic rings. The summed E-state index contributed by atoms with van der Waals surface area (Å²) in [5, 5.41) is 10.6. The van der Waals surface area contributed by atoms with E-state index < -0.39 is 52.2 Å². The molecule has 0 aromatic heterocycles. The predicted octanol–water partition coefficient (Wildman–Crippen LogP) is -0.209. The van der Waals surface area contributed by atoms with E-state index in [1.54, 1.807) is 5.32 Å². The van der Waals surface area contributed by atoms with Crippen LogP contribution in [-0.2, 0) is 19.6 Å². The lowest BCUT2D eigenvalue weighted by Gasteiger charge is -2.14. The van der Waals surface area contributed by atoms with Crippen molar-refractivity contribution in [3.63, 3.8) is 0 Å². The maximum Gasteiger partial charge on any atom is 0.405 e. The lowest BCUT2D eigenvalue weighted by molar-refractivity contribution is -0.143. The number of alkyl halides is 3. The summed E-state index contributed by atoms with van der Waals surface area (Å²) in [6.45, 7) is -2.45. The smallest absolute Gasteiger partial charge is 0.405 e. The van der Waals surface area contributed by atoms with Crippen LogP contribution >= 0.6 is 0 Å². The molecule has 12 heteroatoms. The molecule has 0 saturated carbocycles. The Morgan fingerprint density at radius 2 is 1.96 bits per heavy atom. The molecule has 0 unspecified atom stereocenters. The van der Waals surface area contributed by atoms with Crippen molar-refractivity contribution in [2.75, 3.05) is 20.3 Å². The molecule has 25 heavy (non-hydrogen) atoms. The van der Waals surface area contributed by atoms with Crippen LogP contribution in [0.1, 0.15) is 10.4 Å². The largest absolute Gasteiger partial charge is 0.468 e. The summed E-state index contributed by atoms with van der Waals surface area (Å²) in [5.41, 5.74) is -0.328. The van der Waals surface area contributed by atoms with Crippen LogP contribution in [0.25, 0.3) is 0 Å². The van der Waals surface area contributed by atoms with E-state index in [4.69, 9.17) is 5.11 Å². The molecule has 0 heterocycles. The summed E-state index contributed by atoms with van der Waals surface area (Å²) in [6, 6.07) is 2.59. The molecular weight excluding hydrogens is 369 g/mol. The number of sulfonamides is 1. The van der Waals surface area contributed by atoms with Gasteiger partial charge in [0.25, 0.3) is 5.91 Å². The van der Waals surface area contributed by atoms with Gasteiger partial charge in [0.1, 0.15) is 12.6 Å². The molecule has 0 radical (unpaired) electrons. The number of nitrogens with one attached hydrogen (secondary N) is 2. The van der Waals surface area contributed by atoms with Crippen LogP contribution in [0.15, 0.2) is 29.2 Å². The van der Waals surface area contributed by atoms with Crippen molar-refractivity contribution in [1.82, 2.24) is 10.0 Å². The van der Waals surface area contributed by atoms with E-state index in [1.165, 1.54) is 0 Å². The first-order chi connectivity index (χ1) is 11.5. The van der Waals surface area contributed by atoms with E-state index in [1.807, 2.05) is 4.72 Å². The highest BCUT2D eigenvalue weighted by Gasteiger charge is 2.29. The second-order valence-electron chi connectivity index (χ2n) is 4.71. The molecule has 140 valence electrons. The van der Waals surface area contributed by atoms with E-state index in [-0.39, 0.29) is 5.56 Å². The number of ether oxygens (including phenoxy) is 1. The average molecular weight is 384 g/mol. The summed E-state index contributed by atoms with van der Waals surface area (Å²) >= 11 is 0. The maximum atomic E-state index is 12.2. The average Bonchev–Trinajstić information content (AvgIpc) is 2.56. The summed E-state index contributed by atoms with van der Waals surface area (Å²) < 4.78 is 66.8. The molecule has 1 rings (SSSR count). The Morgan fingerprint density at radius 1 is 1.32 bits per heavy atom. The van der Waals surface area contributed by atoms with Crippen LogP contribution in [0, 0.1) is 0 Å². The number of carbonyl (C=O) groups is 2. The van der Waals surface area contributed by atoms with Gasteiger partial charge in [0.05, 0.1) is 18.6 Å². The van der Waals surface area contributed by atoms with Crippen molar-refractivity contribution >= 4 is 21.9 Å². The van der Waals surface area contributed by atoms with E-state index in [2.05, 4.69) is 4.74 Å². The van der Waals surface area contributed by atoms with Crippen LogP contribution in [0.3, 0.4) is 0 Å². The number of carbonyl (C=O) groups excluding carboxylic acids is 2. The van der Waals surface area contributed by atoms with Crippen LogP contribution in [0.4, 0.5) is 13.2 Å². The molecule has 3 N–H and O–H groups in total. The van der Waals surface area contributed by atoms with E-state index in [9.17, 15) is 31.2 Å². The molecule has 0 saturated heterocycles. The quantitative estimate of drug-likeness (QED) is 0.560. The first-order valence-corrected chi connectivity index (χ1v) is 8.14. The van der Waals surface area contributed by atoms with Gasteiger partial charge in [-0.2, -0.15) is 17.9 Å². The number of rotatable bonds is 7. The Labute approximate surface area is 141 Å². The first-order valence-electron chi connectivity index (χ1n) is 6.66. The zero-order valence-electron chi connectivity index (χ0n) is 12.8. The number of methoxy groups -OCH3 is 1. The number of aliphatic hydroxyl groups excluding tert-OH is 1. The fraction of sp³-hybridized carbons (Fsp3) is 0.385. The SMILES string of the molecule is COC(=O)[C@@H](CO)NS(=O)(=O)c1cccc(C(=O)NCC(F)(F)F)c1. The molecular formula is C13H15F3N2O6S. The second kappa shape index (κ2) is 8.27. The molecule has 1 atom stereocenters. The minimum atomic E-state index is -4.62. The van der Waals surface area contributed by atoms with Crippen molar-refractivity contribution < 1.29 is 41.0 Å². The summed E-state index contributed by atoms with van der Waals surface area (Å²) in [7, 11) is -3.35. The third-order valence-electron chi connectivity index (χ3n) is 2.82. The molecule has 1 amide bonds. The van der Waals surface area contributed by atoms with E-state index >= 15 is 0 Å². The van der Waals surface area contributed by atoms with E-state index in [0.717, 1.165) is 31.4 Å². The summed E-state index contributed by atoms with van der Waals surface area (Å²) in [4.78, 5) is 22.5. The monoisotopic (exact) mass is 384 g/mol. The van der Waals surface area contributed by atoms with Crippen LogP contribution in [0.5, 0.6) is 0 Å². The third-order valence-corrected chi connectivity index (χ3v) is 4.29. The Hall–Kier alpha value is -2.18. The topological polar surface area (TPSA) is 122 Å². The molecule has 1 aromatic carbocycles. The third kappa shape index (κ3) is 6.32. The van der Waals surface area contributed by atoms with Crippen molar-refractivity contribution in [3.8, 4) is 0 Å². The fourth-order valence-electron chi connectivity index (χ4n) is 1.64. The molecule has 0 spiro atoms. The van der Waals surface area contributed by atoms with Gasteiger partial charge in [-0.05, 0) is 18.2 Å². The van der Waals surface area contributed by atoms with Gasteiger partial charge in [-0.3, -0.25) is 9.59 Å². The lowest BCUT2D eigenvalue weighted by Crippen LogP contribution is -2.44. The number of amides is 1. The van der Waals surface area contributed by atoms with Crippen molar-refractivity contribution in [2.45, 2.75) is 17.1 Å². The van der Waals surface area contributed by atoms with Gasteiger partial charge < -0.3 is 15.2 Å². The number of benzene rings is 1. The Balaban J connectivity index is 2.99. The zero-order valence-corrected chi connectivity index (χ0v) is 13.6. The van der Waals surface area contributed by atoms with Crippen LogP contribution in [-0.4, -0.2) is 57.9 Å². The van der Waals surface area contributed by atoms with Gasteiger partial charge in [-0.1, -0.05) is 6.07 Å². The van der Waals surface area contributed by atoms with Crippen molar-refractivity contribution in [1.29, 1.82) is 0 Å². The van der Waals surface area contributed by atoms with E-state index in [0.29, 0.717) is 0 Å². The molecule has 0 fully saturated rings. The zero-order chi connectivity index (χ0) is 19.3. The molecule has 0 aliphatic carbocycles. The summed E-state index contributed by atoms with van der Waals surface area (Å²) in [6.07, 6.45) is -4.62. The Kier molecular flexibility index (Phi) is 6.90. The number of hydrogen-bond donors (Lipinski definition) is 3. The molecule has 0 aliphatic heterocycles. The lowest BCUT2D eigenvalue weighted by atomic mass is 10.2. The van der Waals surface area contributed by atoms with Gasteiger partial charge in [-0.25, -0.2) is 8.42 Å². The molecule has 8 nitrogen and oxygen atoms in total. The van der Waals surface area contributed by atoms with Crippen molar-refractivity contribution in [2.24, 2.45) is 0 Å². The minimum absolute atomic E-state index is 0.328. The summed E-state index contributed by atoms with van der Waals surface area (Å²) in [5.74, 6) is -2.16. The van der Waals surface area contributed by atoms with Gasteiger partial charge >= 0.3 is 12.1 Å². The normalized spacial score (nSPS) is 13.2. The van der Waals surface area contributed by atoms with Gasteiger partial charge in [0.2, 0.25) is 10.0 Å². The van der Waals surface area contributed by atoms with Crippen LogP contribution < -0.4 is 10.0 Å². The highest BCUT2D eigenvalue weighted by atomic mass is 32.2. The maximum absolute atomic E-state index is 12.2.